The summed E-state index contributed by atoms with van der Waals surface area (Å²) in [4.78, 5) is 46.9. The summed E-state index contributed by atoms with van der Waals surface area (Å²) < 4.78 is 11.3. The number of nitrogens with two attached hydrogens (primary N) is 2. The number of nitrogens with zero attached hydrogens (tertiary/aromatic N) is 1. The molecule has 2 unspecified atom stereocenters. The van der Waals surface area contributed by atoms with Crippen LogP contribution in [0.15, 0.2) is 90.7 Å². The molecule has 0 fully saturated rings. The molecule has 4 aliphatic carbocycles. The highest BCUT2D eigenvalue weighted by atomic mass is 79.9. The van der Waals surface area contributed by atoms with Gasteiger partial charge in [0.2, 0.25) is 0 Å². The molecule has 4 aromatic heterocycles. The van der Waals surface area contributed by atoms with Gasteiger partial charge in [-0.3, -0.25) is 9.59 Å². The number of hydrogen-bond donors (Lipinski definition) is 5. The first-order valence-corrected chi connectivity index (χ1v) is 26.3. The highest BCUT2D eigenvalue weighted by Crippen LogP contribution is 2.40. The highest BCUT2D eigenvalue weighted by molar-refractivity contribution is 9.11. The maximum absolute atomic E-state index is 12.6. The minimum Gasteiger partial charge on any atom is -0.443 e. The van der Waals surface area contributed by atoms with E-state index in [0.29, 0.717) is 18.5 Å². The van der Waals surface area contributed by atoms with Gasteiger partial charge in [0.05, 0.1) is 16.9 Å². The normalized spacial score (nSPS) is 17.6. The van der Waals surface area contributed by atoms with E-state index < -0.39 is 11.7 Å². The summed E-state index contributed by atoms with van der Waals surface area (Å²) in [6, 6.07) is 24.6. The average molecular weight is 1160 g/mol. The third-order valence-electron chi connectivity index (χ3n) is 13.1. The van der Waals surface area contributed by atoms with Gasteiger partial charge in [0, 0.05) is 92.3 Å². The van der Waals surface area contributed by atoms with Crippen LogP contribution < -0.4 is 11.5 Å². The second-order valence-electron chi connectivity index (χ2n) is 18.8. The van der Waals surface area contributed by atoms with Gasteiger partial charge in [-0.05, 0) is 156 Å². The minimum atomic E-state index is -0.607. The van der Waals surface area contributed by atoms with Gasteiger partial charge in [0.25, 0.3) is 0 Å². The number of ketones is 2. The van der Waals surface area contributed by atoms with Crippen LogP contribution in [0, 0.1) is 0 Å². The van der Waals surface area contributed by atoms with E-state index in [2.05, 4.69) is 115 Å². The lowest BCUT2D eigenvalue weighted by Gasteiger charge is -2.21. The topological polar surface area (TPSA) is 165 Å². The molecule has 0 saturated carbocycles. The molecule has 0 spiro atoms. The van der Waals surface area contributed by atoms with E-state index >= 15 is 0 Å². The van der Waals surface area contributed by atoms with Crippen molar-refractivity contribution in [3.8, 4) is 0 Å². The van der Waals surface area contributed by atoms with Crippen LogP contribution in [0.4, 0.5) is 4.79 Å². The Labute approximate surface area is 423 Å². The lowest BCUT2D eigenvalue weighted by atomic mass is 9.92. The lowest BCUT2D eigenvalue weighted by molar-refractivity contribution is 0.0534. The number of aromatic nitrogens is 4. The third kappa shape index (κ3) is 9.43. The number of ether oxygens (including phenoxy) is 1. The van der Waals surface area contributed by atoms with E-state index in [1.165, 1.54) is 81.6 Å². The zero-order valence-corrected chi connectivity index (χ0v) is 44.2. The van der Waals surface area contributed by atoms with Crippen molar-refractivity contribution in [3.05, 3.63) is 136 Å². The number of rotatable bonds is 0. The third-order valence-corrected chi connectivity index (χ3v) is 15.8. The lowest BCUT2D eigenvalue weighted by Crippen LogP contribution is -2.29. The maximum atomic E-state index is 12.6. The van der Waals surface area contributed by atoms with Gasteiger partial charge < -0.3 is 31.2 Å². The van der Waals surface area contributed by atoms with Crippen LogP contribution in [0.2, 0.25) is 0 Å². The van der Waals surface area contributed by atoms with E-state index in [1.807, 2.05) is 57.2 Å². The van der Waals surface area contributed by atoms with E-state index in [0.717, 1.165) is 88.0 Å². The van der Waals surface area contributed by atoms with Gasteiger partial charge in [0.1, 0.15) is 5.60 Å². The first kappa shape index (κ1) is 47.7. The number of halogens is 4. The molecular formula is C53H54Br4N6O4. The van der Waals surface area contributed by atoms with Crippen LogP contribution in [0.3, 0.4) is 0 Å². The molecule has 0 bridgehead atoms. The molecule has 8 aromatic rings. The molecular weight excluding hydrogens is 1100 g/mol. The first-order chi connectivity index (χ1) is 32.1. The Morgan fingerprint density at radius 1 is 0.567 bits per heavy atom. The Bertz CT molecular complexity index is 3130. The fraction of sp³-hybridized carbons (Fsp3) is 0.340. The Morgan fingerprint density at radius 2 is 1.00 bits per heavy atom. The van der Waals surface area contributed by atoms with E-state index in [1.54, 1.807) is 0 Å². The van der Waals surface area contributed by atoms with Crippen molar-refractivity contribution in [2.45, 2.75) is 116 Å². The highest BCUT2D eigenvalue weighted by Gasteiger charge is 2.32. The van der Waals surface area contributed by atoms with Crippen molar-refractivity contribution in [2.75, 3.05) is 0 Å². The predicted octanol–water partition coefficient (Wildman–Crippen LogP) is 14.7. The number of carbonyl (C=O) groups excluding carboxylic acids is 3. The molecule has 67 heavy (non-hydrogen) atoms. The molecule has 0 radical (unpaired) electrons. The van der Waals surface area contributed by atoms with Crippen LogP contribution in [-0.4, -0.2) is 42.8 Å². The zero-order chi connectivity index (χ0) is 47.3. The van der Waals surface area contributed by atoms with Crippen molar-refractivity contribution in [1.29, 1.82) is 0 Å². The number of aromatic amines is 3. The summed E-state index contributed by atoms with van der Waals surface area (Å²) in [6.07, 6.45) is 11.1. The number of hydrogen-bond acceptors (Lipinski definition) is 6. The molecule has 10 nitrogen and oxygen atoms in total. The molecule has 12 rings (SSSR count). The molecule has 0 amide bonds. The van der Waals surface area contributed by atoms with Crippen LogP contribution >= 0.6 is 63.7 Å². The number of benzene rings is 4. The summed E-state index contributed by atoms with van der Waals surface area (Å²) in [7, 11) is 0. The smallest absolute Gasteiger partial charge is 0.419 e. The quantitative estimate of drug-likeness (QED) is 0.101. The number of fused-ring (bicyclic) bond motifs is 12. The molecule has 4 aliphatic rings. The summed E-state index contributed by atoms with van der Waals surface area (Å²) in [5.74, 6) is 0.259. The molecule has 0 aliphatic heterocycles. The van der Waals surface area contributed by atoms with E-state index in [-0.39, 0.29) is 23.7 Å². The van der Waals surface area contributed by atoms with Gasteiger partial charge in [-0.1, -0.05) is 88.0 Å². The van der Waals surface area contributed by atoms with Crippen molar-refractivity contribution in [3.63, 3.8) is 0 Å². The number of carbonyl (C=O) groups is 3. The van der Waals surface area contributed by atoms with Gasteiger partial charge in [-0.2, -0.15) is 0 Å². The van der Waals surface area contributed by atoms with Gasteiger partial charge in [0.15, 0.2) is 11.6 Å². The van der Waals surface area contributed by atoms with Crippen LogP contribution in [0.25, 0.3) is 43.6 Å². The van der Waals surface area contributed by atoms with E-state index in [4.69, 9.17) is 16.2 Å². The van der Waals surface area contributed by atoms with Crippen molar-refractivity contribution in [1.82, 2.24) is 19.5 Å². The predicted molar refractivity (Wildman–Crippen MR) is 284 cm³/mol. The standard InChI is InChI=1S/C17H18BrNO3.2C12H13BrN2.C12H10BrNO/c1-17(2,3)22-16(21)19-12-8-5-7-11(18)14(12)10-6-4-9-13(20)15(10)19;2*13-8-4-2-6-10-11(8)7-3-1-5-9(14)12(7)15-10;13-8-4-2-5-9-11(8)7-3-1-6-10(15)12(7)14-9/h5,7-8H,4,6,9H2,1-3H3;2*2,4,6,9,15H,1,3,5,14H2;2,4-5,14H,1,3,6H2. The van der Waals surface area contributed by atoms with Crippen molar-refractivity contribution < 1.29 is 19.1 Å². The largest absolute Gasteiger partial charge is 0.443 e. The number of aryl methyl sites for hydroxylation is 4. The molecule has 348 valence electrons. The molecule has 2 atom stereocenters. The molecule has 0 saturated heterocycles. The van der Waals surface area contributed by atoms with Gasteiger partial charge in [-0.25, -0.2) is 9.36 Å². The number of nitrogens with one attached hydrogen (secondary N) is 3. The van der Waals surface area contributed by atoms with Gasteiger partial charge >= 0.3 is 6.09 Å². The Morgan fingerprint density at radius 3 is 1.52 bits per heavy atom. The monoisotopic (exact) mass is 1150 g/mol. The Kier molecular flexibility index (Phi) is 14.0. The fourth-order valence-electron chi connectivity index (χ4n) is 10.3. The Hall–Kier alpha value is -4.31. The summed E-state index contributed by atoms with van der Waals surface area (Å²) in [5, 5.41) is 4.77. The molecule has 4 aromatic carbocycles. The summed E-state index contributed by atoms with van der Waals surface area (Å²) >= 11 is 14.3. The minimum absolute atomic E-state index is 0.00945. The number of Topliss-reactive ketones (excluding diaryl/α,β-unsaturated/α-hetero) is 2. The summed E-state index contributed by atoms with van der Waals surface area (Å²) in [5.41, 5.74) is 24.6. The van der Waals surface area contributed by atoms with Crippen LogP contribution in [0.1, 0.15) is 139 Å². The number of H-pyrrole nitrogens is 3. The van der Waals surface area contributed by atoms with E-state index in [9.17, 15) is 14.4 Å². The average Bonchev–Trinajstić information content (AvgIpc) is 4.06. The molecule has 7 N–H and O–H groups in total. The van der Waals surface area contributed by atoms with Crippen LogP contribution in [0.5, 0.6) is 0 Å². The maximum Gasteiger partial charge on any atom is 0.419 e. The second-order valence-corrected chi connectivity index (χ2v) is 22.2. The second kappa shape index (κ2) is 19.6. The molecule has 4 heterocycles. The zero-order valence-electron chi connectivity index (χ0n) is 37.8. The first-order valence-electron chi connectivity index (χ1n) is 23.1. The van der Waals surface area contributed by atoms with Crippen molar-refractivity contribution >= 4 is 125 Å². The SMILES string of the molecule is CC(C)(C)OC(=O)n1c2c(c3c(Br)cccc31)CCCC2=O.NC1CCCc2c1[nH]c1cccc(Br)c21.NC1CCCc2c1[nH]c1cccc(Br)c21.O=C1CCCc2c1[nH]c1cccc(Br)c21. The summed E-state index contributed by atoms with van der Waals surface area (Å²) in [6.45, 7) is 5.46. The van der Waals surface area contributed by atoms with Crippen LogP contribution in [-0.2, 0) is 30.4 Å². The fourth-order valence-corrected chi connectivity index (χ4v) is 12.7. The molecule has 14 heteroatoms. The van der Waals surface area contributed by atoms with Crippen molar-refractivity contribution in [2.24, 2.45) is 11.5 Å². The van der Waals surface area contributed by atoms with Gasteiger partial charge in [-0.15, -0.1) is 0 Å². The Balaban J connectivity index is 0.000000114.